The fourth-order valence-corrected chi connectivity index (χ4v) is 4.20. The predicted octanol–water partition coefficient (Wildman–Crippen LogP) is 6.39. The fraction of sp³-hybridized carbons (Fsp3) is 0.241. The van der Waals surface area contributed by atoms with Crippen LogP contribution in [0.5, 0.6) is 0 Å². The van der Waals surface area contributed by atoms with Crippen molar-refractivity contribution in [2.75, 3.05) is 6.61 Å². The largest absolute Gasteiger partial charge is 0.455 e. The van der Waals surface area contributed by atoms with E-state index in [1.807, 2.05) is 25.1 Å². The topological polar surface area (TPSA) is 79.5 Å². The van der Waals surface area contributed by atoms with Gasteiger partial charge in [0.1, 0.15) is 17.2 Å². The number of amides is 1. The van der Waals surface area contributed by atoms with Gasteiger partial charge in [-0.05, 0) is 66.1 Å². The Labute approximate surface area is 203 Å². The summed E-state index contributed by atoms with van der Waals surface area (Å²) < 4.78 is 19.5. The summed E-state index contributed by atoms with van der Waals surface area (Å²) in [5.41, 5.74) is 3.79. The Bertz CT molecular complexity index is 1360. The molecular weight excluding hydrogens is 445 g/mol. The van der Waals surface area contributed by atoms with Crippen molar-refractivity contribution < 1.29 is 23.5 Å². The number of ketones is 1. The minimum atomic E-state index is -0.362. The lowest BCUT2D eigenvalue weighted by atomic mass is 9.97. The van der Waals surface area contributed by atoms with Crippen molar-refractivity contribution >= 4 is 22.7 Å². The molecule has 0 aliphatic heterocycles. The van der Waals surface area contributed by atoms with E-state index in [1.54, 1.807) is 43.3 Å². The smallest absolute Gasteiger partial charge is 0.251 e. The molecule has 0 bridgehead atoms. The minimum absolute atomic E-state index is 0.0701. The van der Waals surface area contributed by atoms with E-state index in [1.165, 1.54) is 12.1 Å². The second-order valence-corrected chi connectivity index (χ2v) is 8.52. The van der Waals surface area contributed by atoms with Crippen molar-refractivity contribution in [1.29, 1.82) is 0 Å². The summed E-state index contributed by atoms with van der Waals surface area (Å²) in [5, 5.41) is 13.1. The number of hydrogen-bond acceptors (Lipinski definition) is 4. The van der Waals surface area contributed by atoms with E-state index < -0.39 is 0 Å². The number of benzene rings is 3. The van der Waals surface area contributed by atoms with Crippen LogP contribution in [0.15, 0.2) is 71.1 Å². The third-order valence-electron chi connectivity index (χ3n) is 6.05. The molecule has 6 heteroatoms. The molecule has 0 unspecified atom stereocenters. The first-order chi connectivity index (χ1) is 16.9. The van der Waals surface area contributed by atoms with Crippen LogP contribution >= 0.6 is 0 Å². The molecule has 1 aromatic heterocycles. The molecule has 0 aliphatic carbocycles. The Morgan fingerprint density at radius 2 is 1.69 bits per heavy atom. The zero-order chi connectivity index (χ0) is 24.9. The number of hydrogen-bond donors (Lipinski definition) is 2. The number of rotatable bonds is 9. The van der Waals surface area contributed by atoms with Gasteiger partial charge in [-0.3, -0.25) is 9.59 Å². The first-order valence-corrected chi connectivity index (χ1v) is 11.8. The van der Waals surface area contributed by atoms with E-state index in [4.69, 9.17) is 4.42 Å². The zero-order valence-corrected chi connectivity index (χ0v) is 19.8. The van der Waals surface area contributed by atoms with Crippen LogP contribution in [0, 0.1) is 5.82 Å². The molecule has 0 radical (unpaired) electrons. The molecule has 2 N–H and O–H groups in total. The quantitative estimate of drug-likeness (QED) is 0.276. The number of Topliss-reactive ketones (excluding diaryl/α,β-unsaturated/α-hetero) is 1. The minimum Gasteiger partial charge on any atom is -0.455 e. The molecule has 1 amide bonds. The highest BCUT2D eigenvalue weighted by atomic mass is 19.1. The molecule has 4 rings (SSSR count). The third-order valence-corrected chi connectivity index (χ3v) is 6.05. The number of aliphatic hydroxyl groups excluding tert-OH is 1. The second kappa shape index (κ2) is 10.7. The van der Waals surface area contributed by atoms with Crippen molar-refractivity contribution in [2.45, 2.75) is 39.2 Å². The van der Waals surface area contributed by atoms with Gasteiger partial charge < -0.3 is 14.8 Å². The van der Waals surface area contributed by atoms with Gasteiger partial charge in [0.25, 0.3) is 5.91 Å². The summed E-state index contributed by atoms with van der Waals surface area (Å²) in [4.78, 5) is 25.7. The molecule has 1 heterocycles. The van der Waals surface area contributed by atoms with Gasteiger partial charge in [-0.1, -0.05) is 38.5 Å². The lowest BCUT2D eigenvalue weighted by Crippen LogP contribution is -2.37. The van der Waals surface area contributed by atoms with E-state index in [0.717, 1.165) is 17.5 Å². The predicted molar refractivity (Wildman–Crippen MR) is 135 cm³/mol. The standard InChI is InChI=1S/C29H28FNO4/c1-3-6-23(17-32)31-29(34)21-8-5-7-19(15-21)20-11-14-26-24(16-20)27(25(33)4-2)28(35-26)18-9-12-22(30)13-10-18/h5,7-16,23,32H,3-4,6,17H2,1-2H3,(H,31,34)/t23-/m1/s1. The Kier molecular flexibility index (Phi) is 7.42. The Hall–Kier alpha value is -3.77. The summed E-state index contributed by atoms with van der Waals surface area (Å²) in [6.45, 7) is 3.68. The SMILES string of the molecule is CCC[C@H](CO)NC(=O)c1cccc(-c2ccc3oc(-c4ccc(F)cc4)c(C(=O)CC)c3c2)c1. The highest BCUT2D eigenvalue weighted by Crippen LogP contribution is 2.37. The summed E-state index contributed by atoms with van der Waals surface area (Å²) in [6, 6.07) is 18.4. The maximum absolute atomic E-state index is 13.5. The number of carbonyl (C=O) groups is 2. The molecule has 5 nitrogen and oxygen atoms in total. The Morgan fingerprint density at radius 3 is 2.37 bits per heavy atom. The zero-order valence-electron chi connectivity index (χ0n) is 19.8. The van der Waals surface area contributed by atoms with Crippen molar-refractivity contribution in [3.05, 3.63) is 83.7 Å². The average Bonchev–Trinajstić information content (AvgIpc) is 3.27. The van der Waals surface area contributed by atoms with Gasteiger partial charge in [-0.25, -0.2) is 4.39 Å². The van der Waals surface area contributed by atoms with Crippen LogP contribution in [0.1, 0.15) is 53.8 Å². The highest BCUT2D eigenvalue weighted by molar-refractivity contribution is 6.12. The van der Waals surface area contributed by atoms with Gasteiger partial charge in [0.15, 0.2) is 5.78 Å². The van der Waals surface area contributed by atoms with Crippen molar-refractivity contribution in [3.63, 3.8) is 0 Å². The van der Waals surface area contributed by atoms with Gasteiger partial charge >= 0.3 is 0 Å². The first kappa shape index (κ1) is 24.4. The summed E-state index contributed by atoms with van der Waals surface area (Å²) >= 11 is 0. The maximum Gasteiger partial charge on any atom is 0.251 e. The van der Waals surface area contributed by atoms with Crippen LogP contribution in [-0.4, -0.2) is 29.4 Å². The molecule has 1 atom stereocenters. The molecule has 0 aliphatic rings. The summed E-state index contributed by atoms with van der Waals surface area (Å²) in [6.07, 6.45) is 1.85. The summed E-state index contributed by atoms with van der Waals surface area (Å²) in [7, 11) is 0. The number of carbonyl (C=O) groups excluding carboxylic acids is 2. The number of halogens is 1. The van der Waals surface area contributed by atoms with Gasteiger partial charge in [-0.2, -0.15) is 0 Å². The third kappa shape index (κ3) is 5.17. The molecule has 4 aromatic rings. The van der Waals surface area contributed by atoms with Gasteiger partial charge in [-0.15, -0.1) is 0 Å². The van der Waals surface area contributed by atoms with Gasteiger partial charge in [0.2, 0.25) is 0 Å². The lowest BCUT2D eigenvalue weighted by Gasteiger charge is -2.15. The fourth-order valence-electron chi connectivity index (χ4n) is 4.20. The first-order valence-electron chi connectivity index (χ1n) is 11.8. The average molecular weight is 474 g/mol. The number of nitrogens with one attached hydrogen (secondary N) is 1. The maximum atomic E-state index is 13.5. The molecule has 180 valence electrons. The molecule has 0 spiro atoms. The molecule has 0 saturated carbocycles. The van der Waals surface area contributed by atoms with Crippen molar-refractivity contribution in [3.8, 4) is 22.5 Å². The molecular formula is C29H28FNO4. The second-order valence-electron chi connectivity index (χ2n) is 8.52. The Balaban J connectivity index is 1.74. The van der Waals surface area contributed by atoms with Crippen LogP contribution < -0.4 is 5.32 Å². The number of fused-ring (bicyclic) bond motifs is 1. The van der Waals surface area contributed by atoms with E-state index in [-0.39, 0.29) is 30.2 Å². The van der Waals surface area contributed by atoms with Crippen molar-refractivity contribution in [1.82, 2.24) is 5.32 Å². The van der Waals surface area contributed by atoms with Crippen LogP contribution in [0.25, 0.3) is 33.4 Å². The van der Waals surface area contributed by atoms with Gasteiger partial charge in [0, 0.05) is 22.9 Å². The van der Waals surface area contributed by atoms with Crippen LogP contribution in [0.2, 0.25) is 0 Å². The van der Waals surface area contributed by atoms with E-state index in [9.17, 15) is 19.1 Å². The van der Waals surface area contributed by atoms with Crippen LogP contribution in [-0.2, 0) is 0 Å². The summed E-state index contributed by atoms with van der Waals surface area (Å²) in [5.74, 6) is -0.258. The van der Waals surface area contributed by atoms with Crippen LogP contribution in [0.3, 0.4) is 0 Å². The monoisotopic (exact) mass is 473 g/mol. The molecule has 3 aromatic carbocycles. The van der Waals surface area contributed by atoms with E-state index >= 15 is 0 Å². The van der Waals surface area contributed by atoms with E-state index in [0.29, 0.717) is 46.3 Å². The number of furan rings is 1. The Morgan fingerprint density at radius 1 is 0.971 bits per heavy atom. The van der Waals surface area contributed by atoms with Crippen LogP contribution in [0.4, 0.5) is 4.39 Å². The lowest BCUT2D eigenvalue weighted by molar-refractivity contribution is 0.0912. The number of aliphatic hydroxyl groups is 1. The van der Waals surface area contributed by atoms with Gasteiger partial charge in [0.05, 0.1) is 18.2 Å². The van der Waals surface area contributed by atoms with E-state index in [2.05, 4.69) is 5.32 Å². The normalized spacial score (nSPS) is 12.0. The molecule has 35 heavy (non-hydrogen) atoms. The molecule has 0 saturated heterocycles. The highest BCUT2D eigenvalue weighted by Gasteiger charge is 2.22. The van der Waals surface area contributed by atoms with Crippen molar-refractivity contribution in [2.24, 2.45) is 0 Å². The molecule has 0 fully saturated rings.